The lowest BCUT2D eigenvalue weighted by Gasteiger charge is -2.42. The van der Waals surface area contributed by atoms with E-state index in [1.165, 1.54) is 15.5 Å². The molecular weight excluding hydrogens is 954 g/mol. The van der Waals surface area contributed by atoms with Gasteiger partial charge in [0.05, 0.1) is 41.4 Å². The van der Waals surface area contributed by atoms with E-state index < -0.39 is 42.2 Å². The van der Waals surface area contributed by atoms with Crippen molar-refractivity contribution in [2.45, 2.75) is 70.6 Å². The molecule has 0 saturated carbocycles. The Balaban J connectivity index is 0.964. The number of amides is 2. The van der Waals surface area contributed by atoms with E-state index in [1.807, 2.05) is 61.6 Å². The first-order valence-electron chi connectivity index (χ1n) is 23.8. The second-order valence-corrected chi connectivity index (χ2v) is 19.2. The number of fused-ring (bicyclic) bond motifs is 2. The number of hydrogen-bond donors (Lipinski definition) is 3. The van der Waals surface area contributed by atoms with Crippen LogP contribution in [0.5, 0.6) is 11.5 Å². The van der Waals surface area contributed by atoms with Gasteiger partial charge in [0.25, 0.3) is 11.8 Å². The fourth-order valence-corrected chi connectivity index (χ4v) is 10.4. The molecule has 0 aliphatic carbocycles. The zero-order valence-corrected chi connectivity index (χ0v) is 40.4. The maximum atomic E-state index is 14.1. The molecule has 0 bridgehead atoms. The van der Waals surface area contributed by atoms with Gasteiger partial charge in [-0.3, -0.25) is 14.2 Å². The van der Waals surface area contributed by atoms with Crippen molar-refractivity contribution >= 4 is 51.6 Å². The average molecular weight is 1010 g/mol. The molecule has 3 N–H and O–H groups in total. The van der Waals surface area contributed by atoms with E-state index in [1.54, 1.807) is 12.1 Å². The quantitative estimate of drug-likeness (QED) is 0.0785. The van der Waals surface area contributed by atoms with Crippen molar-refractivity contribution in [1.82, 2.24) is 34.9 Å². The van der Waals surface area contributed by atoms with Gasteiger partial charge in [-0.15, -0.1) is 10.2 Å². The molecule has 2 aromatic heterocycles. The minimum Gasteiger partial charge on any atom is -0.508 e. The van der Waals surface area contributed by atoms with Crippen LogP contribution in [0, 0.1) is 17.2 Å². The van der Waals surface area contributed by atoms with Gasteiger partial charge in [0.2, 0.25) is 11.8 Å². The number of aromatic nitrogens is 5. The predicted octanol–water partition coefficient (Wildman–Crippen LogP) is 8.79. The van der Waals surface area contributed by atoms with E-state index >= 15 is 0 Å². The Morgan fingerprint density at radius 2 is 1.67 bits per heavy atom. The van der Waals surface area contributed by atoms with Crippen molar-refractivity contribution in [2.24, 2.45) is 5.92 Å². The summed E-state index contributed by atoms with van der Waals surface area (Å²) < 4.78 is 54.9. The molecule has 0 radical (unpaired) electrons. The van der Waals surface area contributed by atoms with Crippen molar-refractivity contribution < 1.29 is 37.4 Å². The Morgan fingerprint density at radius 3 is 2.36 bits per heavy atom. The van der Waals surface area contributed by atoms with Gasteiger partial charge in [-0.2, -0.15) is 23.4 Å². The van der Waals surface area contributed by atoms with Gasteiger partial charge < -0.3 is 35.1 Å². The highest BCUT2D eigenvalue weighted by atomic mass is 35.5. The van der Waals surface area contributed by atoms with E-state index in [9.17, 15) is 42.6 Å². The lowest BCUT2D eigenvalue weighted by Crippen LogP contribution is -2.56. The lowest BCUT2D eigenvalue weighted by molar-refractivity contribution is -0.131. The second-order valence-electron chi connectivity index (χ2n) is 18.8. The largest absolute Gasteiger partial charge is 0.508 e. The van der Waals surface area contributed by atoms with E-state index in [0.29, 0.717) is 67.8 Å². The number of phenolic OH excluding ortho intramolecular Hbond substituents is 2. The van der Waals surface area contributed by atoms with E-state index in [-0.39, 0.29) is 54.2 Å². The molecule has 2 saturated heterocycles. The van der Waals surface area contributed by atoms with Gasteiger partial charge in [0.1, 0.15) is 23.9 Å². The highest BCUT2D eigenvalue weighted by Gasteiger charge is 2.36. The van der Waals surface area contributed by atoms with Crippen molar-refractivity contribution in [3.63, 3.8) is 0 Å². The van der Waals surface area contributed by atoms with Gasteiger partial charge in [0.15, 0.2) is 11.7 Å². The summed E-state index contributed by atoms with van der Waals surface area (Å²) in [5.74, 6) is -2.54. The number of carbonyl (C=O) groups is 2. The molecule has 5 heterocycles. The molecule has 0 unspecified atom stereocenters. The van der Waals surface area contributed by atoms with Crippen molar-refractivity contribution in [1.29, 1.82) is 5.26 Å². The fourth-order valence-electron chi connectivity index (χ4n) is 10.1. The summed E-state index contributed by atoms with van der Waals surface area (Å²) in [5, 5.41) is 43.8. The molecule has 15 nitrogen and oxygen atoms in total. The summed E-state index contributed by atoms with van der Waals surface area (Å²) in [7, 11) is 0. The molecule has 9 rings (SSSR count). The predicted molar refractivity (Wildman–Crippen MR) is 265 cm³/mol. The first kappa shape index (κ1) is 49.5. The van der Waals surface area contributed by atoms with E-state index in [2.05, 4.69) is 43.6 Å². The second kappa shape index (κ2) is 20.3. The molecule has 6 aromatic rings. The minimum atomic E-state index is -4.67. The van der Waals surface area contributed by atoms with Crippen LogP contribution in [0.3, 0.4) is 0 Å². The number of benzene rings is 4. The minimum absolute atomic E-state index is 0.00710. The third-order valence-electron chi connectivity index (χ3n) is 13.7. The SMILES string of the molecule is C=C(F)C(=O)N1CCN(c2nc(N3CCC(Cc4ccc(-n5c(C(=O)NCC(F)(F)F)nnc5-c5cc(C(C)C)c(O)cc5O)cc4)CC3)nc3c2CCN(c2cccc4cccc(Cl)c24)C3)C[C@@H]1CC#N. The summed E-state index contributed by atoms with van der Waals surface area (Å²) in [5.41, 5.74) is 4.79. The number of aromatic hydroxyl groups is 2. The van der Waals surface area contributed by atoms with Crippen LogP contribution in [-0.2, 0) is 24.2 Å². The van der Waals surface area contributed by atoms with Crippen molar-refractivity contribution in [3.05, 3.63) is 118 Å². The monoisotopic (exact) mass is 1010 g/mol. The summed E-state index contributed by atoms with van der Waals surface area (Å²) in [6, 6.07) is 23.4. The van der Waals surface area contributed by atoms with Crippen LogP contribution < -0.4 is 20.0 Å². The van der Waals surface area contributed by atoms with Crippen molar-refractivity contribution in [2.75, 3.05) is 60.5 Å². The number of hydrogen-bond acceptors (Lipinski definition) is 12. The molecular formula is C52H52ClF4N11O4. The van der Waals surface area contributed by atoms with Crippen LogP contribution in [-0.4, -0.2) is 110 Å². The van der Waals surface area contributed by atoms with Gasteiger partial charge in [0, 0.05) is 67.7 Å². The summed E-state index contributed by atoms with van der Waals surface area (Å²) in [6.45, 7) is 8.61. The zero-order valence-electron chi connectivity index (χ0n) is 39.6. The maximum absolute atomic E-state index is 14.1. The number of piperidine rings is 1. The number of nitriles is 1. The Kier molecular flexibility index (Phi) is 14.0. The molecule has 2 amide bonds. The van der Waals surface area contributed by atoms with Crippen LogP contribution in [0.4, 0.5) is 35.0 Å². The number of nitrogens with zero attached hydrogens (tertiary/aromatic N) is 10. The average Bonchev–Trinajstić information content (AvgIpc) is 3.80. The first-order chi connectivity index (χ1) is 34.5. The van der Waals surface area contributed by atoms with Gasteiger partial charge in [-0.1, -0.05) is 68.4 Å². The Bertz CT molecular complexity index is 3090. The summed E-state index contributed by atoms with van der Waals surface area (Å²) >= 11 is 6.80. The molecule has 72 heavy (non-hydrogen) atoms. The van der Waals surface area contributed by atoms with Crippen LogP contribution in [0.1, 0.15) is 72.0 Å². The van der Waals surface area contributed by atoms with Gasteiger partial charge in [-0.05, 0) is 84.4 Å². The van der Waals surface area contributed by atoms with Gasteiger partial charge in [-0.25, -0.2) is 9.37 Å². The highest BCUT2D eigenvalue weighted by Crippen LogP contribution is 2.40. The van der Waals surface area contributed by atoms with Crippen molar-refractivity contribution in [3.8, 4) is 34.6 Å². The number of piperazine rings is 1. The Hall–Kier alpha value is -7.46. The number of rotatable bonds is 12. The number of carbonyl (C=O) groups excluding carboxylic acids is 2. The van der Waals surface area contributed by atoms with Crippen LogP contribution in [0.25, 0.3) is 27.8 Å². The van der Waals surface area contributed by atoms with Gasteiger partial charge >= 0.3 is 6.18 Å². The summed E-state index contributed by atoms with van der Waals surface area (Å²) in [6.07, 6.45) is -1.74. The number of halogens is 5. The molecule has 374 valence electrons. The Labute approximate surface area is 418 Å². The molecule has 1 atom stereocenters. The first-order valence-corrected chi connectivity index (χ1v) is 24.2. The third-order valence-corrected chi connectivity index (χ3v) is 14.1. The molecule has 3 aliphatic heterocycles. The smallest absolute Gasteiger partial charge is 0.405 e. The molecule has 4 aromatic carbocycles. The molecule has 3 aliphatic rings. The number of phenols is 2. The topological polar surface area (TPSA) is 180 Å². The Morgan fingerprint density at radius 1 is 0.931 bits per heavy atom. The zero-order chi connectivity index (χ0) is 51.0. The maximum Gasteiger partial charge on any atom is 0.405 e. The van der Waals surface area contributed by atoms with E-state index in [0.717, 1.165) is 58.0 Å². The fraction of sp³-hybridized carbons (Fsp3) is 0.365. The summed E-state index contributed by atoms with van der Waals surface area (Å²) in [4.78, 5) is 44.4. The number of alkyl halides is 3. The molecule has 2 fully saturated rings. The third kappa shape index (κ3) is 10.2. The van der Waals surface area contributed by atoms with Crippen LogP contribution in [0.2, 0.25) is 5.02 Å². The molecule has 0 spiro atoms. The van der Waals surface area contributed by atoms with E-state index in [4.69, 9.17) is 21.6 Å². The van der Waals surface area contributed by atoms with Crippen LogP contribution in [0.15, 0.2) is 85.2 Å². The standard InChI is InChI=1S/C52H52ClF4N11O4/c1-30(2)38-25-39(44(70)26-43(38)69)47-62-63-48(49(71)59-29-52(55,56)57)68(47)35-12-10-32(11-13-35)24-33-15-19-64(20-16-33)51-60-41-28-65(42-9-5-7-34-6-4-8-40(53)45(34)42)21-17-37(41)46(61-51)66-22-23-67(50(72)31(3)54)36(27-66)14-18-58/h4-13,25-26,30,33,36,69-70H,3,14-17,19-24,27-29H2,1-2H3,(H,59,71)/t36-/m0/s1. The number of anilines is 3. The lowest BCUT2D eigenvalue weighted by atomic mass is 9.90. The normalized spacial score (nSPS) is 16.5. The molecule has 20 heteroatoms. The highest BCUT2D eigenvalue weighted by molar-refractivity contribution is 6.36. The number of nitrogens with one attached hydrogen (secondary N) is 1. The van der Waals surface area contributed by atoms with Crippen LogP contribution >= 0.6 is 11.6 Å².